The Morgan fingerprint density at radius 3 is 2.17 bits per heavy atom. The molecule has 0 radical (unpaired) electrons. The predicted molar refractivity (Wildman–Crippen MR) is 121 cm³/mol. The average Bonchev–Trinajstić information content (AvgIpc) is 3.58. The van der Waals surface area contributed by atoms with E-state index in [0.717, 1.165) is 5.57 Å². The third kappa shape index (κ3) is 3.29. The molecular weight excluding hydrogens is 472 g/mol. The van der Waals surface area contributed by atoms with E-state index in [9.17, 15) is 19.2 Å². The fourth-order valence-electron chi connectivity index (χ4n) is 7.29. The molecule has 2 aliphatic carbocycles. The van der Waals surface area contributed by atoms with Gasteiger partial charge in [-0.15, -0.1) is 0 Å². The van der Waals surface area contributed by atoms with Gasteiger partial charge in [-0.3, -0.25) is 14.4 Å². The summed E-state index contributed by atoms with van der Waals surface area (Å²) >= 11 is 0. The van der Waals surface area contributed by atoms with Crippen LogP contribution in [0, 0.1) is 11.3 Å². The van der Waals surface area contributed by atoms with Crippen LogP contribution in [0.2, 0.25) is 0 Å². The van der Waals surface area contributed by atoms with Gasteiger partial charge in [-0.1, -0.05) is 12.5 Å². The highest BCUT2D eigenvalue weighted by Crippen LogP contribution is 2.69. The van der Waals surface area contributed by atoms with Gasteiger partial charge in [0.1, 0.15) is 18.3 Å². The third-order valence-electron chi connectivity index (χ3n) is 9.08. The lowest BCUT2D eigenvalue weighted by Crippen LogP contribution is -2.66. The second-order valence-electron chi connectivity index (χ2n) is 11.4. The smallest absolute Gasteiger partial charge is 0.342 e. The maximum atomic E-state index is 13.0. The summed E-state index contributed by atoms with van der Waals surface area (Å²) in [4.78, 5) is 50.1. The van der Waals surface area contributed by atoms with Crippen LogP contribution in [0.3, 0.4) is 0 Å². The minimum Gasteiger partial charge on any atom is -0.462 e. The van der Waals surface area contributed by atoms with Gasteiger partial charge in [-0.05, 0) is 39.7 Å². The van der Waals surface area contributed by atoms with Crippen molar-refractivity contribution in [2.75, 3.05) is 0 Å². The van der Waals surface area contributed by atoms with Crippen LogP contribution in [-0.4, -0.2) is 71.2 Å². The van der Waals surface area contributed by atoms with Crippen LogP contribution in [0.15, 0.2) is 11.6 Å². The molecule has 10 heteroatoms. The topological polar surface area (TPSA) is 130 Å². The molecule has 10 nitrogen and oxygen atoms in total. The number of fused-ring (bicyclic) bond motifs is 3. The van der Waals surface area contributed by atoms with Crippen LogP contribution in [-0.2, 0) is 47.6 Å². The summed E-state index contributed by atoms with van der Waals surface area (Å²) in [5.41, 5.74) is -3.59. The summed E-state index contributed by atoms with van der Waals surface area (Å²) < 4.78 is 36.0. The molecule has 3 heterocycles. The highest BCUT2D eigenvalue weighted by molar-refractivity contribution is 5.89. The molecule has 0 bridgehead atoms. The Hall–Kier alpha value is -2.46. The van der Waals surface area contributed by atoms with Crippen LogP contribution in [0.4, 0.5) is 0 Å². The lowest BCUT2D eigenvalue weighted by molar-refractivity contribution is -0.212. The van der Waals surface area contributed by atoms with Crippen molar-refractivity contribution in [2.24, 2.45) is 11.3 Å². The zero-order valence-corrected chi connectivity index (χ0v) is 21.7. The predicted octanol–water partition coefficient (Wildman–Crippen LogP) is 2.16. The highest BCUT2D eigenvalue weighted by Gasteiger charge is 2.89. The van der Waals surface area contributed by atoms with Gasteiger partial charge in [0, 0.05) is 33.1 Å². The number of hydrogen-bond acceptors (Lipinski definition) is 10. The van der Waals surface area contributed by atoms with Gasteiger partial charge in [-0.25, -0.2) is 4.79 Å². The summed E-state index contributed by atoms with van der Waals surface area (Å²) in [5.74, 6) is -2.71. The van der Waals surface area contributed by atoms with Gasteiger partial charge < -0.3 is 28.4 Å². The summed E-state index contributed by atoms with van der Waals surface area (Å²) in [5, 5.41) is 0. The van der Waals surface area contributed by atoms with E-state index in [1.165, 1.54) is 20.8 Å². The van der Waals surface area contributed by atoms with E-state index in [0.29, 0.717) is 19.3 Å². The largest absolute Gasteiger partial charge is 0.462 e. The molecule has 10 atom stereocenters. The van der Waals surface area contributed by atoms with E-state index in [4.69, 9.17) is 28.4 Å². The van der Waals surface area contributed by atoms with Crippen LogP contribution in [0.25, 0.3) is 0 Å². The molecule has 0 aromatic rings. The molecule has 5 aliphatic rings. The van der Waals surface area contributed by atoms with Crippen molar-refractivity contribution in [1.82, 2.24) is 0 Å². The average molecular weight is 507 g/mol. The normalized spacial score (nSPS) is 50.0. The number of esters is 4. The van der Waals surface area contributed by atoms with E-state index in [2.05, 4.69) is 0 Å². The first kappa shape index (κ1) is 25.2. The Morgan fingerprint density at radius 1 is 0.972 bits per heavy atom. The van der Waals surface area contributed by atoms with Crippen molar-refractivity contribution in [3.05, 3.63) is 11.6 Å². The maximum Gasteiger partial charge on any atom is 0.342 e. The lowest BCUT2D eigenvalue weighted by atomic mass is 9.53. The molecular formula is C26H34O10. The minimum absolute atomic E-state index is 0.283. The number of carbonyl (C=O) groups is 4. The molecule has 0 amide bonds. The molecule has 36 heavy (non-hydrogen) atoms. The van der Waals surface area contributed by atoms with Gasteiger partial charge in [0.05, 0.1) is 17.1 Å². The first-order valence-corrected chi connectivity index (χ1v) is 12.5. The van der Waals surface area contributed by atoms with Crippen LogP contribution < -0.4 is 0 Å². The molecule has 198 valence electrons. The summed E-state index contributed by atoms with van der Waals surface area (Å²) in [6.45, 7) is 11.3. The number of rotatable bonds is 3. The number of carbonyl (C=O) groups excluding carboxylic acids is 4. The molecule has 4 fully saturated rings. The van der Waals surface area contributed by atoms with E-state index in [1.807, 2.05) is 26.8 Å². The van der Waals surface area contributed by atoms with Crippen LogP contribution in [0.5, 0.6) is 0 Å². The van der Waals surface area contributed by atoms with E-state index >= 15 is 0 Å². The fraction of sp³-hybridized carbons (Fsp3) is 0.769. The quantitative estimate of drug-likeness (QED) is 0.243. The fourth-order valence-corrected chi connectivity index (χ4v) is 7.29. The Morgan fingerprint density at radius 2 is 1.58 bits per heavy atom. The second-order valence-corrected chi connectivity index (χ2v) is 11.4. The molecule has 3 aliphatic heterocycles. The summed E-state index contributed by atoms with van der Waals surface area (Å²) in [6.07, 6.45) is -0.313. The van der Waals surface area contributed by atoms with Gasteiger partial charge in [0.2, 0.25) is 0 Å². The number of ether oxygens (including phenoxy) is 6. The molecule has 0 unspecified atom stereocenters. The van der Waals surface area contributed by atoms with Crippen molar-refractivity contribution in [1.29, 1.82) is 0 Å². The van der Waals surface area contributed by atoms with Gasteiger partial charge in [0.15, 0.2) is 17.3 Å². The Labute approximate surface area is 209 Å². The standard InChI is InChI=1S/C26H34O10/c1-12-8-9-16(31-13(2)27)23(5)17(32-14(3)28)11-18-24(6,35-18)20(23)21(33-15(4)29)26-19(10-12)34-22(30)25(26,7)36-26/h10,16-21H,8-9,11H2,1-7H3/b12-10-/t16-,17-,18-,19-,20+,21+,23-,24-,25-,26-/m0/s1. The first-order chi connectivity index (χ1) is 16.7. The number of hydrogen-bond donors (Lipinski definition) is 0. The molecule has 0 aromatic carbocycles. The number of epoxide rings is 2. The van der Waals surface area contributed by atoms with Crippen LogP contribution in [0.1, 0.15) is 67.7 Å². The Balaban J connectivity index is 1.75. The first-order valence-electron chi connectivity index (χ1n) is 12.5. The monoisotopic (exact) mass is 506 g/mol. The van der Waals surface area contributed by atoms with Gasteiger partial charge in [-0.2, -0.15) is 0 Å². The number of allylic oxidation sites excluding steroid dienone is 1. The van der Waals surface area contributed by atoms with Crippen molar-refractivity contribution in [3.63, 3.8) is 0 Å². The third-order valence-corrected chi connectivity index (χ3v) is 9.08. The molecule has 1 saturated carbocycles. The zero-order chi connectivity index (χ0) is 26.4. The molecule has 1 spiro atoms. The van der Waals surface area contributed by atoms with Crippen LogP contribution >= 0.6 is 0 Å². The van der Waals surface area contributed by atoms with Crippen molar-refractivity contribution >= 4 is 23.9 Å². The SMILES string of the molecule is CC(=O)O[C@H]1CC/C(C)=C\[C@@H]2OC(=O)[C@]3(C)O[C@]23[C@H](OC(C)=O)[C@H]2[C@@]3(C)O[C@H]3C[C@H](OC(C)=O)[C@]12C. The van der Waals surface area contributed by atoms with E-state index in [1.54, 1.807) is 6.92 Å². The van der Waals surface area contributed by atoms with Crippen molar-refractivity contribution in [2.45, 2.75) is 115 Å². The summed E-state index contributed by atoms with van der Waals surface area (Å²) in [6, 6.07) is 0. The molecule has 5 rings (SSSR count). The Bertz CT molecular complexity index is 1070. The maximum absolute atomic E-state index is 13.0. The van der Waals surface area contributed by atoms with Gasteiger partial charge in [0.25, 0.3) is 0 Å². The molecule has 0 N–H and O–H groups in total. The minimum atomic E-state index is -1.33. The lowest BCUT2D eigenvalue weighted by Gasteiger charge is -2.54. The highest BCUT2D eigenvalue weighted by atomic mass is 16.7. The van der Waals surface area contributed by atoms with Crippen molar-refractivity contribution < 1.29 is 47.6 Å². The molecule has 0 aromatic heterocycles. The Kier molecular flexibility index (Phi) is 5.44. The van der Waals surface area contributed by atoms with E-state index in [-0.39, 0.29) is 6.10 Å². The second kappa shape index (κ2) is 7.77. The van der Waals surface area contributed by atoms with E-state index < -0.39 is 76.4 Å². The van der Waals surface area contributed by atoms with Gasteiger partial charge >= 0.3 is 23.9 Å². The van der Waals surface area contributed by atoms with Crippen molar-refractivity contribution in [3.8, 4) is 0 Å². The zero-order valence-electron chi connectivity index (χ0n) is 21.7. The summed E-state index contributed by atoms with van der Waals surface area (Å²) in [7, 11) is 0. The molecule has 3 saturated heterocycles.